The standard InChI is InChI=1S/C62H50N2/c1-7-43(44-18-10-8-11-19-44)37-41(3)60(47-28-26-46(27-29-47)45-20-12-9-13-21-45)63-42(4)48-30-31-52-39-51(33-32-50(52)38-48)49-34-35-53(40(2)36-49)58-55-23-15-17-25-57(55)64-61-54-22-14-16-24-56(54)62(5,6)59(58)61/h7-36,38-40,53H,1,4H2,2-3,5-6H3/b63-60+. The summed E-state index contributed by atoms with van der Waals surface area (Å²) in [6.07, 6.45) is 9.09. The fourth-order valence-corrected chi connectivity index (χ4v) is 9.90. The van der Waals surface area contributed by atoms with Crippen LogP contribution >= 0.6 is 0 Å². The number of pyridine rings is 1. The minimum absolute atomic E-state index is 0.149. The molecule has 1 heterocycles. The Labute approximate surface area is 377 Å². The highest BCUT2D eigenvalue weighted by Gasteiger charge is 2.41. The van der Waals surface area contributed by atoms with Crippen molar-refractivity contribution in [2.24, 2.45) is 10.9 Å². The molecule has 2 nitrogen and oxygen atoms in total. The largest absolute Gasteiger partial charge is 0.247 e. The van der Waals surface area contributed by atoms with Gasteiger partial charge in [0.1, 0.15) is 0 Å². The molecule has 7 aromatic carbocycles. The van der Waals surface area contributed by atoms with Gasteiger partial charge in [0.2, 0.25) is 0 Å². The van der Waals surface area contributed by atoms with E-state index in [0.29, 0.717) is 5.70 Å². The molecule has 8 aromatic rings. The zero-order chi connectivity index (χ0) is 44.0. The molecule has 2 unspecified atom stereocenters. The zero-order valence-corrected chi connectivity index (χ0v) is 36.9. The van der Waals surface area contributed by atoms with E-state index in [1.54, 1.807) is 0 Å². The molecule has 0 amide bonds. The molecule has 1 aromatic heterocycles. The molecule has 0 fully saturated rings. The van der Waals surface area contributed by atoms with Crippen LogP contribution in [0.5, 0.6) is 0 Å². The van der Waals surface area contributed by atoms with E-state index in [2.05, 4.69) is 210 Å². The number of hydrogen-bond acceptors (Lipinski definition) is 2. The van der Waals surface area contributed by atoms with Crippen LogP contribution in [0, 0.1) is 5.92 Å². The van der Waals surface area contributed by atoms with Crippen LogP contribution in [0.15, 0.2) is 224 Å². The molecule has 308 valence electrons. The van der Waals surface area contributed by atoms with Crippen LogP contribution in [0.25, 0.3) is 60.9 Å². The van der Waals surface area contributed by atoms with Crippen LogP contribution in [0.1, 0.15) is 72.6 Å². The summed E-state index contributed by atoms with van der Waals surface area (Å²) >= 11 is 0. The van der Waals surface area contributed by atoms with Crippen molar-refractivity contribution in [2.45, 2.75) is 39.0 Å². The Kier molecular flexibility index (Phi) is 10.5. The van der Waals surface area contributed by atoms with Crippen LogP contribution < -0.4 is 0 Å². The van der Waals surface area contributed by atoms with Crippen LogP contribution in [0.3, 0.4) is 0 Å². The first-order chi connectivity index (χ1) is 31.2. The van der Waals surface area contributed by atoms with Crippen molar-refractivity contribution in [3.05, 3.63) is 258 Å². The molecule has 0 aliphatic heterocycles. The van der Waals surface area contributed by atoms with E-state index in [0.717, 1.165) is 55.7 Å². The van der Waals surface area contributed by atoms with Gasteiger partial charge in [0.15, 0.2) is 0 Å². The average molecular weight is 823 g/mol. The Morgan fingerprint density at radius 2 is 1.33 bits per heavy atom. The van der Waals surface area contributed by atoms with E-state index < -0.39 is 0 Å². The topological polar surface area (TPSA) is 25.2 Å². The van der Waals surface area contributed by atoms with Gasteiger partial charge in [0.25, 0.3) is 0 Å². The van der Waals surface area contributed by atoms with Gasteiger partial charge in [-0.15, -0.1) is 5.73 Å². The first kappa shape index (κ1) is 40.4. The molecule has 2 aliphatic rings. The van der Waals surface area contributed by atoms with Gasteiger partial charge in [-0.3, -0.25) is 0 Å². The molecule has 0 bridgehead atoms. The smallest absolute Gasteiger partial charge is 0.0815 e. The van der Waals surface area contributed by atoms with E-state index in [9.17, 15) is 0 Å². The van der Waals surface area contributed by atoms with Gasteiger partial charge in [-0.05, 0) is 86.3 Å². The highest BCUT2D eigenvalue weighted by Crippen LogP contribution is 2.53. The maximum atomic E-state index is 5.29. The number of para-hydroxylation sites is 1. The summed E-state index contributed by atoms with van der Waals surface area (Å²) < 4.78 is 0. The predicted molar refractivity (Wildman–Crippen MR) is 272 cm³/mol. The van der Waals surface area contributed by atoms with Crippen molar-refractivity contribution in [2.75, 3.05) is 0 Å². The normalized spacial score (nSPS) is 16.1. The highest BCUT2D eigenvalue weighted by atomic mass is 14.8. The van der Waals surface area contributed by atoms with Gasteiger partial charge < -0.3 is 0 Å². The molecule has 10 rings (SSSR count). The van der Waals surface area contributed by atoms with Crippen molar-refractivity contribution in [3.8, 4) is 22.4 Å². The van der Waals surface area contributed by atoms with Gasteiger partial charge in [-0.25, -0.2) is 9.98 Å². The van der Waals surface area contributed by atoms with E-state index in [-0.39, 0.29) is 17.3 Å². The van der Waals surface area contributed by atoms with Crippen molar-refractivity contribution < 1.29 is 0 Å². The summed E-state index contributed by atoms with van der Waals surface area (Å²) in [7, 11) is 0. The van der Waals surface area contributed by atoms with Crippen LogP contribution in [0.4, 0.5) is 0 Å². The summed E-state index contributed by atoms with van der Waals surface area (Å²) in [5.74, 6) is 0.496. The molecular formula is C62H50N2. The average Bonchev–Trinajstić information content (AvgIpc) is 3.57. The van der Waals surface area contributed by atoms with E-state index in [1.165, 1.54) is 49.7 Å². The second-order valence-corrected chi connectivity index (χ2v) is 17.7. The molecule has 0 saturated heterocycles. The molecular weight excluding hydrogens is 773 g/mol. The Morgan fingerprint density at radius 3 is 2.09 bits per heavy atom. The highest BCUT2D eigenvalue weighted by molar-refractivity contribution is 6.15. The second kappa shape index (κ2) is 16.6. The van der Waals surface area contributed by atoms with Crippen molar-refractivity contribution in [1.29, 1.82) is 0 Å². The summed E-state index contributed by atoms with van der Waals surface area (Å²) in [6, 6.07) is 60.1. The molecule has 2 atom stereocenters. The van der Waals surface area contributed by atoms with Gasteiger partial charge in [-0.2, -0.15) is 0 Å². The Balaban J connectivity index is 0.966. The number of aromatic nitrogens is 1. The first-order valence-corrected chi connectivity index (χ1v) is 22.2. The maximum Gasteiger partial charge on any atom is 0.0815 e. The number of allylic oxidation sites excluding steroid dienone is 6. The van der Waals surface area contributed by atoms with Crippen LogP contribution in [0.2, 0.25) is 0 Å². The number of aliphatic imine (C=N–C) groups is 1. The monoisotopic (exact) mass is 822 g/mol. The lowest BCUT2D eigenvalue weighted by atomic mass is 9.72. The number of fused-ring (bicyclic) bond motifs is 5. The molecule has 64 heavy (non-hydrogen) atoms. The number of hydrogen-bond donors (Lipinski definition) is 0. The van der Waals surface area contributed by atoms with Crippen molar-refractivity contribution >= 4 is 44.2 Å². The molecule has 0 N–H and O–H groups in total. The lowest BCUT2D eigenvalue weighted by Gasteiger charge is -2.31. The Bertz CT molecular complexity index is 3310. The zero-order valence-electron chi connectivity index (χ0n) is 36.9. The maximum absolute atomic E-state index is 5.29. The van der Waals surface area contributed by atoms with Crippen LogP contribution in [-0.4, -0.2) is 10.7 Å². The first-order valence-electron chi connectivity index (χ1n) is 22.2. The predicted octanol–water partition coefficient (Wildman–Crippen LogP) is 16.0. The molecule has 2 heteroatoms. The van der Waals surface area contributed by atoms with Gasteiger partial charge >= 0.3 is 0 Å². The number of benzene rings is 7. The summed E-state index contributed by atoms with van der Waals surface area (Å²) in [5, 5.41) is 3.56. The lowest BCUT2D eigenvalue weighted by molar-refractivity contribution is 0.601. The second-order valence-electron chi connectivity index (χ2n) is 17.7. The van der Waals surface area contributed by atoms with E-state index in [4.69, 9.17) is 9.98 Å². The lowest BCUT2D eigenvalue weighted by Crippen LogP contribution is -2.21. The van der Waals surface area contributed by atoms with Gasteiger partial charge in [0, 0.05) is 44.6 Å². The minimum atomic E-state index is -0.149. The molecule has 0 radical (unpaired) electrons. The van der Waals surface area contributed by atoms with E-state index in [1.807, 2.05) is 30.3 Å². The number of rotatable bonds is 9. The molecule has 0 spiro atoms. The SMILES string of the molecule is C=CC(=C=C(C)/C(=N\C(=C)c1ccc2cc(C3=CC(C)C(c4c5c(nc6ccccc46)-c4ccccc4C5(C)C)C=C3)ccc2c1)c1ccc(-c2ccccc2)cc1)c1ccccc1. The van der Waals surface area contributed by atoms with E-state index >= 15 is 0 Å². The summed E-state index contributed by atoms with van der Waals surface area (Å²) in [4.78, 5) is 10.5. The number of nitrogens with zero attached hydrogens (tertiary/aromatic N) is 2. The molecule has 2 aliphatic carbocycles. The quantitative estimate of drug-likeness (QED) is 0.0809. The third-order valence-corrected chi connectivity index (χ3v) is 13.2. The third kappa shape index (κ3) is 7.33. The van der Waals surface area contributed by atoms with Gasteiger partial charge in [-0.1, -0.05) is 210 Å². The van der Waals surface area contributed by atoms with Crippen molar-refractivity contribution in [3.63, 3.8) is 0 Å². The van der Waals surface area contributed by atoms with Gasteiger partial charge in [0.05, 0.1) is 22.6 Å². The van der Waals surface area contributed by atoms with Crippen LogP contribution in [-0.2, 0) is 5.41 Å². The summed E-state index contributed by atoms with van der Waals surface area (Å²) in [5.41, 5.74) is 22.2. The third-order valence-electron chi connectivity index (χ3n) is 13.2. The Hall–Kier alpha value is -7.64. The fourth-order valence-electron chi connectivity index (χ4n) is 9.90. The Morgan fingerprint density at radius 1 is 0.688 bits per heavy atom. The summed E-state index contributed by atoms with van der Waals surface area (Å²) in [6.45, 7) is 17.8. The molecule has 0 saturated carbocycles. The minimum Gasteiger partial charge on any atom is -0.247 e. The fraction of sp³-hybridized carbons (Fsp3) is 0.113. The van der Waals surface area contributed by atoms with Crippen molar-refractivity contribution in [1.82, 2.24) is 4.98 Å².